The van der Waals surface area contributed by atoms with Crippen molar-refractivity contribution < 1.29 is 0 Å². The average Bonchev–Trinajstić information content (AvgIpc) is 2.29. The second-order valence-corrected chi connectivity index (χ2v) is 4.29. The van der Waals surface area contributed by atoms with Gasteiger partial charge in [0.05, 0.1) is 0 Å². The smallest absolute Gasteiger partial charge is 0.0260 e. The van der Waals surface area contributed by atoms with Crippen molar-refractivity contribution in [1.82, 2.24) is 9.80 Å². The highest BCUT2D eigenvalue weighted by atomic mass is 15.3. The molecule has 0 aromatic carbocycles. The summed E-state index contributed by atoms with van der Waals surface area (Å²) < 4.78 is 0. The third kappa shape index (κ3) is 1.38. The van der Waals surface area contributed by atoms with E-state index in [0.29, 0.717) is 0 Å². The Labute approximate surface area is 75.5 Å². The van der Waals surface area contributed by atoms with Crippen LogP contribution in [0.1, 0.15) is 20.3 Å². The van der Waals surface area contributed by atoms with Crippen molar-refractivity contribution in [1.29, 1.82) is 0 Å². The molecule has 0 saturated carbocycles. The largest absolute Gasteiger partial charge is 0.302 e. The molecule has 2 aliphatic rings. The first-order valence-corrected chi connectivity index (χ1v) is 5.27. The van der Waals surface area contributed by atoms with Crippen molar-refractivity contribution in [3.05, 3.63) is 0 Å². The van der Waals surface area contributed by atoms with Crippen LogP contribution >= 0.6 is 0 Å². The quantitative estimate of drug-likeness (QED) is 0.607. The average molecular weight is 168 g/mol. The molecule has 0 amide bonds. The lowest BCUT2D eigenvalue weighted by molar-refractivity contribution is 0.102. The Bertz CT molecular complexity index is 154. The summed E-state index contributed by atoms with van der Waals surface area (Å²) in [5.41, 5.74) is 0. The molecule has 2 aliphatic heterocycles. The van der Waals surface area contributed by atoms with Crippen LogP contribution in [0.4, 0.5) is 0 Å². The van der Waals surface area contributed by atoms with Crippen molar-refractivity contribution in [2.75, 3.05) is 32.7 Å². The Kier molecular flexibility index (Phi) is 2.37. The van der Waals surface area contributed by atoms with Crippen LogP contribution in [-0.2, 0) is 0 Å². The molecule has 2 saturated heterocycles. The number of likely N-dealkylation sites (tertiary alicyclic amines) is 2. The normalized spacial score (nSPS) is 38.5. The van der Waals surface area contributed by atoms with E-state index in [2.05, 4.69) is 23.6 Å². The second-order valence-electron chi connectivity index (χ2n) is 4.29. The Balaban J connectivity index is 1.89. The zero-order valence-electron chi connectivity index (χ0n) is 8.29. The number of rotatable bonds is 2. The van der Waals surface area contributed by atoms with E-state index in [1.54, 1.807) is 0 Å². The Morgan fingerprint density at radius 1 is 1.25 bits per heavy atom. The van der Waals surface area contributed by atoms with Crippen molar-refractivity contribution in [3.63, 3.8) is 0 Å². The SMILES string of the molecule is CCN1CC(C)C(N2CCC2)C1. The highest BCUT2D eigenvalue weighted by molar-refractivity contribution is 4.90. The van der Waals surface area contributed by atoms with Gasteiger partial charge in [-0.25, -0.2) is 0 Å². The fraction of sp³-hybridized carbons (Fsp3) is 1.00. The van der Waals surface area contributed by atoms with Gasteiger partial charge in [0.2, 0.25) is 0 Å². The summed E-state index contributed by atoms with van der Waals surface area (Å²) in [6.07, 6.45) is 1.43. The maximum Gasteiger partial charge on any atom is 0.0260 e. The molecule has 2 nitrogen and oxygen atoms in total. The lowest BCUT2D eigenvalue weighted by Gasteiger charge is -2.38. The summed E-state index contributed by atoms with van der Waals surface area (Å²) in [6.45, 7) is 11.2. The van der Waals surface area contributed by atoms with E-state index in [0.717, 1.165) is 12.0 Å². The molecule has 2 atom stereocenters. The summed E-state index contributed by atoms with van der Waals surface area (Å²) >= 11 is 0. The number of nitrogens with zero attached hydrogens (tertiary/aromatic N) is 2. The van der Waals surface area contributed by atoms with Crippen molar-refractivity contribution >= 4 is 0 Å². The fourth-order valence-electron chi connectivity index (χ4n) is 2.45. The monoisotopic (exact) mass is 168 g/mol. The highest BCUT2D eigenvalue weighted by Crippen LogP contribution is 2.24. The van der Waals surface area contributed by atoms with E-state index >= 15 is 0 Å². The summed E-state index contributed by atoms with van der Waals surface area (Å²) in [6, 6.07) is 0.874. The van der Waals surface area contributed by atoms with E-state index in [1.165, 1.54) is 39.1 Å². The molecule has 0 N–H and O–H groups in total. The van der Waals surface area contributed by atoms with Gasteiger partial charge < -0.3 is 4.90 Å². The molecule has 70 valence electrons. The van der Waals surface area contributed by atoms with Crippen LogP contribution in [0, 0.1) is 5.92 Å². The highest BCUT2D eigenvalue weighted by Gasteiger charge is 2.35. The van der Waals surface area contributed by atoms with E-state index in [9.17, 15) is 0 Å². The van der Waals surface area contributed by atoms with Gasteiger partial charge in [0.25, 0.3) is 0 Å². The van der Waals surface area contributed by atoms with Gasteiger partial charge in [0.1, 0.15) is 0 Å². The first-order chi connectivity index (χ1) is 5.81. The molecule has 2 rings (SSSR count). The molecule has 2 unspecified atom stereocenters. The minimum absolute atomic E-state index is 0.874. The molecular formula is C10H20N2. The van der Waals surface area contributed by atoms with Gasteiger partial charge in [-0.1, -0.05) is 13.8 Å². The predicted molar refractivity (Wildman–Crippen MR) is 51.3 cm³/mol. The lowest BCUT2D eigenvalue weighted by atomic mass is 10.0. The molecule has 0 aliphatic carbocycles. The third-order valence-electron chi connectivity index (χ3n) is 3.46. The molecule has 0 aromatic heterocycles. The molecular weight excluding hydrogens is 148 g/mol. The lowest BCUT2D eigenvalue weighted by Crippen LogP contribution is -2.48. The van der Waals surface area contributed by atoms with Gasteiger partial charge in [-0.2, -0.15) is 0 Å². The molecule has 2 fully saturated rings. The van der Waals surface area contributed by atoms with Crippen LogP contribution in [0.15, 0.2) is 0 Å². The van der Waals surface area contributed by atoms with E-state index < -0.39 is 0 Å². The molecule has 0 spiro atoms. The van der Waals surface area contributed by atoms with E-state index in [1.807, 2.05) is 0 Å². The molecule has 12 heavy (non-hydrogen) atoms. The molecule has 0 aromatic rings. The first kappa shape index (κ1) is 8.52. The summed E-state index contributed by atoms with van der Waals surface area (Å²) in [4.78, 5) is 5.23. The third-order valence-corrected chi connectivity index (χ3v) is 3.46. The Morgan fingerprint density at radius 2 is 2.00 bits per heavy atom. The van der Waals surface area contributed by atoms with Crippen molar-refractivity contribution in [3.8, 4) is 0 Å². The van der Waals surface area contributed by atoms with Crippen molar-refractivity contribution in [2.24, 2.45) is 5.92 Å². The van der Waals surface area contributed by atoms with E-state index in [-0.39, 0.29) is 0 Å². The number of likely N-dealkylation sites (N-methyl/N-ethyl adjacent to an activating group) is 1. The molecule has 0 bridgehead atoms. The van der Waals surface area contributed by atoms with Crippen LogP contribution in [0.3, 0.4) is 0 Å². The van der Waals surface area contributed by atoms with E-state index in [4.69, 9.17) is 0 Å². The molecule has 2 heteroatoms. The van der Waals surface area contributed by atoms with Crippen LogP contribution < -0.4 is 0 Å². The zero-order valence-corrected chi connectivity index (χ0v) is 8.29. The maximum atomic E-state index is 2.65. The zero-order chi connectivity index (χ0) is 8.55. The Hall–Kier alpha value is -0.0800. The first-order valence-electron chi connectivity index (χ1n) is 5.27. The molecule has 0 radical (unpaired) electrons. The minimum Gasteiger partial charge on any atom is -0.302 e. The topological polar surface area (TPSA) is 6.48 Å². The van der Waals surface area contributed by atoms with Gasteiger partial charge >= 0.3 is 0 Å². The minimum atomic E-state index is 0.874. The predicted octanol–water partition coefficient (Wildman–Crippen LogP) is 1.03. The molecule has 2 heterocycles. The standard InChI is InChI=1S/C10H20N2/c1-3-11-7-9(2)10(8-11)12-5-4-6-12/h9-10H,3-8H2,1-2H3. The Morgan fingerprint density at radius 3 is 2.42 bits per heavy atom. The van der Waals surface area contributed by atoms with Gasteiger partial charge in [0.15, 0.2) is 0 Å². The van der Waals surface area contributed by atoms with Crippen LogP contribution in [0.25, 0.3) is 0 Å². The summed E-state index contributed by atoms with van der Waals surface area (Å²) in [7, 11) is 0. The van der Waals surface area contributed by atoms with Crippen LogP contribution in [0.2, 0.25) is 0 Å². The maximum absolute atomic E-state index is 2.65. The van der Waals surface area contributed by atoms with Crippen LogP contribution in [-0.4, -0.2) is 48.6 Å². The van der Waals surface area contributed by atoms with Gasteiger partial charge in [-0.15, -0.1) is 0 Å². The second kappa shape index (κ2) is 3.35. The number of hydrogen-bond acceptors (Lipinski definition) is 2. The summed E-state index contributed by atoms with van der Waals surface area (Å²) in [5.74, 6) is 0.894. The van der Waals surface area contributed by atoms with Crippen molar-refractivity contribution in [2.45, 2.75) is 26.3 Å². The summed E-state index contributed by atoms with van der Waals surface area (Å²) in [5, 5.41) is 0. The van der Waals surface area contributed by atoms with Gasteiger partial charge in [0, 0.05) is 19.1 Å². The van der Waals surface area contributed by atoms with Crippen LogP contribution in [0.5, 0.6) is 0 Å². The van der Waals surface area contributed by atoms with Gasteiger partial charge in [-0.05, 0) is 32.0 Å². The van der Waals surface area contributed by atoms with Gasteiger partial charge in [-0.3, -0.25) is 4.90 Å². The number of hydrogen-bond donors (Lipinski definition) is 0. The fourth-order valence-corrected chi connectivity index (χ4v) is 2.45.